The largest absolute Gasteiger partial charge is 0.371 e. The average molecular weight is 263 g/mol. The molecule has 20 heavy (non-hydrogen) atoms. The van der Waals surface area contributed by atoms with Crippen LogP contribution in [0.5, 0.6) is 0 Å². The van der Waals surface area contributed by atoms with E-state index in [9.17, 15) is 0 Å². The van der Waals surface area contributed by atoms with Crippen LogP contribution < -0.4 is 5.32 Å². The highest BCUT2D eigenvalue weighted by Crippen LogP contribution is 2.22. The van der Waals surface area contributed by atoms with Gasteiger partial charge in [-0.05, 0) is 29.7 Å². The molecule has 1 heteroatoms. The normalized spacial score (nSPS) is 12.2. The third-order valence-electron chi connectivity index (χ3n) is 3.09. The second kappa shape index (κ2) is 6.30. The number of hydrogen-bond acceptors (Lipinski definition) is 1. The van der Waals surface area contributed by atoms with Gasteiger partial charge in [0.1, 0.15) is 0 Å². The molecule has 0 bridgehead atoms. The van der Waals surface area contributed by atoms with Gasteiger partial charge in [0.2, 0.25) is 0 Å². The zero-order chi connectivity index (χ0) is 14.4. The van der Waals surface area contributed by atoms with Crippen LogP contribution in [0.3, 0.4) is 0 Å². The van der Waals surface area contributed by atoms with E-state index in [2.05, 4.69) is 50.1 Å². The highest BCUT2D eigenvalue weighted by molar-refractivity contribution is 5.47. The van der Waals surface area contributed by atoms with E-state index in [-0.39, 0.29) is 11.5 Å². The SMILES string of the molecule is CC(C)(C)[C@@H](C#Cc1ccccc1)Nc1ccccc1. The lowest BCUT2D eigenvalue weighted by Gasteiger charge is -2.28. The van der Waals surface area contributed by atoms with Gasteiger partial charge in [-0.15, -0.1) is 0 Å². The Labute approximate surface area is 122 Å². The van der Waals surface area contributed by atoms with Crippen LogP contribution in [0.1, 0.15) is 26.3 Å². The van der Waals surface area contributed by atoms with Gasteiger partial charge in [-0.25, -0.2) is 0 Å². The third-order valence-corrected chi connectivity index (χ3v) is 3.09. The number of nitrogens with one attached hydrogen (secondary N) is 1. The van der Waals surface area contributed by atoms with Crippen LogP contribution in [-0.4, -0.2) is 6.04 Å². The second-order valence-corrected chi connectivity index (χ2v) is 5.94. The molecule has 0 aliphatic heterocycles. The third kappa shape index (κ3) is 4.17. The van der Waals surface area contributed by atoms with E-state index in [1.54, 1.807) is 0 Å². The highest BCUT2D eigenvalue weighted by Gasteiger charge is 2.22. The number of hydrogen-bond donors (Lipinski definition) is 1. The van der Waals surface area contributed by atoms with Gasteiger partial charge >= 0.3 is 0 Å². The summed E-state index contributed by atoms with van der Waals surface area (Å²) in [6.07, 6.45) is 0. The summed E-state index contributed by atoms with van der Waals surface area (Å²) in [4.78, 5) is 0. The van der Waals surface area contributed by atoms with Crippen LogP contribution >= 0.6 is 0 Å². The molecule has 0 saturated carbocycles. The van der Waals surface area contributed by atoms with Crippen molar-refractivity contribution in [1.29, 1.82) is 0 Å². The molecule has 0 saturated heterocycles. The Hall–Kier alpha value is -2.20. The van der Waals surface area contributed by atoms with E-state index in [0.717, 1.165) is 11.3 Å². The topological polar surface area (TPSA) is 12.0 Å². The fraction of sp³-hybridized carbons (Fsp3) is 0.263. The monoisotopic (exact) mass is 263 g/mol. The van der Waals surface area contributed by atoms with E-state index in [1.165, 1.54) is 0 Å². The Morgan fingerprint density at radius 2 is 1.40 bits per heavy atom. The number of benzene rings is 2. The van der Waals surface area contributed by atoms with Crippen molar-refractivity contribution >= 4 is 5.69 Å². The van der Waals surface area contributed by atoms with Crippen molar-refractivity contribution < 1.29 is 0 Å². The summed E-state index contributed by atoms with van der Waals surface area (Å²) in [7, 11) is 0. The molecule has 0 fully saturated rings. The Morgan fingerprint density at radius 3 is 1.95 bits per heavy atom. The molecule has 102 valence electrons. The molecule has 2 aromatic carbocycles. The Morgan fingerprint density at radius 1 is 0.850 bits per heavy atom. The number of rotatable bonds is 2. The molecule has 1 nitrogen and oxygen atoms in total. The molecule has 0 aliphatic rings. The standard InChI is InChI=1S/C19H21N/c1-19(2,3)18(20-17-12-8-5-9-13-17)15-14-16-10-6-4-7-11-16/h4-13,18,20H,1-3H3/t18-/m1/s1. The van der Waals surface area contributed by atoms with E-state index in [1.807, 2.05) is 48.5 Å². The van der Waals surface area contributed by atoms with Gasteiger partial charge in [-0.1, -0.05) is 69.0 Å². The molecular weight excluding hydrogens is 242 g/mol. The number of para-hydroxylation sites is 1. The first-order valence-corrected chi connectivity index (χ1v) is 6.94. The van der Waals surface area contributed by atoms with E-state index >= 15 is 0 Å². The molecule has 0 heterocycles. The van der Waals surface area contributed by atoms with Crippen molar-refractivity contribution in [2.75, 3.05) is 5.32 Å². The molecule has 2 aromatic rings. The minimum Gasteiger partial charge on any atom is -0.371 e. The number of anilines is 1. The summed E-state index contributed by atoms with van der Waals surface area (Å²) in [6.45, 7) is 6.60. The van der Waals surface area contributed by atoms with E-state index in [4.69, 9.17) is 0 Å². The molecule has 0 spiro atoms. The molecule has 2 rings (SSSR count). The van der Waals surface area contributed by atoms with Gasteiger partial charge in [0.05, 0.1) is 6.04 Å². The molecule has 1 atom stereocenters. The fourth-order valence-electron chi connectivity index (χ4n) is 1.85. The van der Waals surface area contributed by atoms with E-state index in [0.29, 0.717) is 0 Å². The molecule has 0 aromatic heterocycles. The molecule has 0 aliphatic carbocycles. The van der Waals surface area contributed by atoms with Crippen LogP contribution in [0.25, 0.3) is 0 Å². The van der Waals surface area contributed by atoms with Gasteiger partial charge in [0.25, 0.3) is 0 Å². The van der Waals surface area contributed by atoms with Gasteiger partial charge < -0.3 is 5.32 Å². The van der Waals surface area contributed by atoms with Gasteiger partial charge in [-0.3, -0.25) is 0 Å². The van der Waals surface area contributed by atoms with Gasteiger partial charge in [-0.2, -0.15) is 0 Å². The minimum atomic E-state index is 0.0671. The van der Waals surface area contributed by atoms with Crippen LogP contribution in [0, 0.1) is 17.3 Å². The lowest BCUT2D eigenvalue weighted by molar-refractivity contribution is 0.392. The first kappa shape index (κ1) is 14.2. The van der Waals surface area contributed by atoms with Crippen LogP contribution in [0.15, 0.2) is 60.7 Å². The van der Waals surface area contributed by atoms with Crippen LogP contribution in [0.4, 0.5) is 5.69 Å². The van der Waals surface area contributed by atoms with Gasteiger partial charge in [0.15, 0.2) is 0 Å². The van der Waals surface area contributed by atoms with Crippen molar-refractivity contribution in [3.8, 4) is 11.8 Å². The molecule has 0 radical (unpaired) electrons. The van der Waals surface area contributed by atoms with Crippen molar-refractivity contribution in [3.05, 3.63) is 66.2 Å². The quantitative estimate of drug-likeness (QED) is 0.783. The summed E-state index contributed by atoms with van der Waals surface area (Å²) in [5.41, 5.74) is 2.23. The summed E-state index contributed by atoms with van der Waals surface area (Å²) >= 11 is 0. The second-order valence-electron chi connectivity index (χ2n) is 5.94. The summed E-state index contributed by atoms with van der Waals surface area (Å²) in [5, 5.41) is 3.52. The highest BCUT2D eigenvalue weighted by atomic mass is 14.9. The summed E-state index contributed by atoms with van der Waals surface area (Å²) in [5.74, 6) is 6.62. The molecular formula is C19H21N. The predicted molar refractivity (Wildman–Crippen MR) is 86.6 cm³/mol. The van der Waals surface area contributed by atoms with Gasteiger partial charge in [0, 0.05) is 11.3 Å². The Kier molecular flexibility index (Phi) is 4.48. The van der Waals surface area contributed by atoms with Crippen molar-refractivity contribution in [1.82, 2.24) is 0 Å². The summed E-state index contributed by atoms with van der Waals surface area (Å²) < 4.78 is 0. The fourth-order valence-corrected chi connectivity index (χ4v) is 1.85. The summed E-state index contributed by atoms with van der Waals surface area (Å²) in [6, 6.07) is 20.4. The molecule has 0 amide bonds. The Balaban J connectivity index is 2.20. The average Bonchev–Trinajstić information content (AvgIpc) is 2.44. The zero-order valence-corrected chi connectivity index (χ0v) is 12.4. The first-order chi connectivity index (χ1) is 9.55. The lowest BCUT2D eigenvalue weighted by Crippen LogP contribution is -2.32. The predicted octanol–water partition coefficient (Wildman–Crippen LogP) is 4.56. The van der Waals surface area contributed by atoms with Crippen molar-refractivity contribution in [2.45, 2.75) is 26.8 Å². The Bertz CT molecular complexity index is 582. The lowest BCUT2D eigenvalue weighted by atomic mass is 9.86. The molecule has 0 unspecified atom stereocenters. The molecule has 1 N–H and O–H groups in total. The van der Waals surface area contributed by atoms with Crippen LogP contribution in [0.2, 0.25) is 0 Å². The maximum atomic E-state index is 3.52. The van der Waals surface area contributed by atoms with E-state index < -0.39 is 0 Å². The van der Waals surface area contributed by atoms with Crippen molar-refractivity contribution in [3.63, 3.8) is 0 Å². The minimum absolute atomic E-state index is 0.0671. The smallest absolute Gasteiger partial charge is 0.0929 e. The van der Waals surface area contributed by atoms with Crippen LogP contribution in [-0.2, 0) is 0 Å². The maximum absolute atomic E-state index is 3.52. The maximum Gasteiger partial charge on any atom is 0.0929 e. The zero-order valence-electron chi connectivity index (χ0n) is 12.4. The first-order valence-electron chi connectivity index (χ1n) is 6.94. The van der Waals surface area contributed by atoms with Crippen molar-refractivity contribution in [2.24, 2.45) is 5.41 Å².